The molecule has 0 saturated carbocycles. The van der Waals surface area contributed by atoms with E-state index in [4.69, 9.17) is 15.0 Å². The van der Waals surface area contributed by atoms with Crippen molar-refractivity contribution in [1.29, 1.82) is 0 Å². The van der Waals surface area contributed by atoms with Gasteiger partial charge in [-0.25, -0.2) is 15.0 Å². The van der Waals surface area contributed by atoms with E-state index >= 15 is 0 Å². The SMILES string of the molecule is c1ccc(-c2cccc(-c3nc4ccccc4nc3-c3ccc(-c4nc5cccc6c5n4-c4ccccc4-c4ccccc4-6)cc3)c2)cc1. The molecule has 9 aromatic rings. The summed E-state index contributed by atoms with van der Waals surface area (Å²) >= 11 is 0. The summed E-state index contributed by atoms with van der Waals surface area (Å²) in [5, 5.41) is 0. The molecule has 0 atom stereocenters. The molecule has 10 rings (SSSR count). The second-order valence-electron chi connectivity index (χ2n) is 12.4. The van der Waals surface area contributed by atoms with E-state index in [-0.39, 0.29) is 0 Å². The van der Waals surface area contributed by atoms with Crippen LogP contribution in [0.5, 0.6) is 0 Å². The van der Waals surface area contributed by atoms with Crippen LogP contribution in [0, 0.1) is 0 Å². The van der Waals surface area contributed by atoms with E-state index in [9.17, 15) is 0 Å². The molecule has 7 aromatic carbocycles. The summed E-state index contributed by atoms with van der Waals surface area (Å²) < 4.78 is 2.34. The molecular formula is C45H28N4. The number of benzene rings is 7. The van der Waals surface area contributed by atoms with E-state index in [0.717, 1.165) is 67.2 Å². The Labute approximate surface area is 283 Å². The summed E-state index contributed by atoms with van der Waals surface area (Å²) in [5.41, 5.74) is 16.9. The van der Waals surface area contributed by atoms with Crippen LogP contribution in [-0.4, -0.2) is 19.5 Å². The van der Waals surface area contributed by atoms with Gasteiger partial charge in [-0.15, -0.1) is 0 Å². The minimum Gasteiger partial charge on any atom is -0.291 e. The Balaban J connectivity index is 1.14. The maximum atomic E-state index is 5.25. The molecule has 0 saturated heterocycles. The highest BCUT2D eigenvalue weighted by molar-refractivity contribution is 6.03. The monoisotopic (exact) mass is 624 g/mol. The van der Waals surface area contributed by atoms with Crippen molar-refractivity contribution in [3.05, 3.63) is 170 Å². The van der Waals surface area contributed by atoms with Gasteiger partial charge in [0, 0.05) is 27.8 Å². The molecule has 0 aliphatic carbocycles. The molecule has 0 radical (unpaired) electrons. The standard InChI is InChI=1S/C45H28N4/c1-2-12-29(13-3-1)32-14-10-15-33(28-32)43-42(46-38-20-7-8-21-39(38)47-43)30-24-26-31(27-25-30)45-48-40-22-11-19-37-35-17-5-4-16-34(35)36-18-6-9-23-41(36)49(45)44(37)40/h1-28H. The van der Waals surface area contributed by atoms with Crippen LogP contribution >= 0.6 is 0 Å². The third-order valence-corrected chi connectivity index (χ3v) is 9.56. The molecule has 0 N–H and O–H groups in total. The molecule has 0 bridgehead atoms. The number of rotatable bonds is 4. The first kappa shape index (κ1) is 27.5. The van der Waals surface area contributed by atoms with Gasteiger partial charge in [0.05, 0.1) is 39.1 Å². The molecule has 0 spiro atoms. The van der Waals surface area contributed by atoms with Crippen LogP contribution in [0.1, 0.15) is 0 Å². The minimum absolute atomic E-state index is 0.852. The molecule has 4 nitrogen and oxygen atoms in total. The summed E-state index contributed by atoms with van der Waals surface area (Å²) in [6.45, 7) is 0. The van der Waals surface area contributed by atoms with Crippen LogP contribution in [0.15, 0.2) is 170 Å². The summed E-state index contributed by atoms with van der Waals surface area (Å²) in [6, 6.07) is 59.5. The molecule has 228 valence electrons. The average Bonchev–Trinajstić information content (AvgIpc) is 3.52. The van der Waals surface area contributed by atoms with Crippen LogP contribution in [-0.2, 0) is 0 Å². The first-order valence-corrected chi connectivity index (χ1v) is 16.5. The molecule has 0 unspecified atom stereocenters. The number of aromatic nitrogens is 4. The smallest absolute Gasteiger partial charge is 0.145 e. The van der Waals surface area contributed by atoms with Crippen molar-refractivity contribution in [1.82, 2.24) is 19.5 Å². The highest BCUT2D eigenvalue weighted by Crippen LogP contribution is 2.45. The van der Waals surface area contributed by atoms with Crippen LogP contribution in [0.3, 0.4) is 0 Å². The maximum absolute atomic E-state index is 5.25. The third-order valence-electron chi connectivity index (χ3n) is 9.56. The Morgan fingerprint density at radius 3 is 1.63 bits per heavy atom. The van der Waals surface area contributed by atoms with Gasteiger partial charge in [-0.05, 0) is 52.6 Å². The quantitative estimate of drug-likeness (QED) is 0.196. The number of fused-ring (bicyclic) bond motifs is 6. The second-order valence-corrected chi connectivity index (χ2v) is 12.4. The van der Waals surface area contributed by atoms with E-state index in [1.807, 2.05) is 30.3 Å². The number of hydrogen-bond acceptors (Lipinski definition) is 3. The Morgan fingerprint density at radius 2 is 0.857 bits per heavy atom. The van der Waals surface area contributed by atoms with Gasteiger partial charge in [0.2, 0.25) is 0 Å². The lowest BCUT2D eigenvalue weighted by atomic mass is 9.94. The molecule has 2 aromatic heterocycles. The molecule has 1 aliphatic heterocycles. The first-order valence-electron chi connectivity index (χ1n) is 16.5. The molecular weight excluding hydrogens is 597 g/mol. The van der Waals surface area contributed by atoms with Gasteiger partial charge in [0.15, 0.2) is 0 Å². The van der Waals surface area contributed by atoms with Gasteiger partial charge in [0.1, 0.15) is 5.82 Å². The molecule has 49 heavy (non-hydrogen) atoms. The third kappa shape index (κ3) is 4.42. The minimum atomic E-state index is 0.852. The normalized spacial score (nSPS) is 11.7. The lowest BCUT2D eigenvalue weighted by Crippen LogP contribution is -1.99. The highest BCUT2D eigenvalue weighted by atomic mass is 15.1. The zero-order valence-electron chi connectivity index (χ0n) is 26.5. The summed E-state index contributed by atoms with van der Waals surface area (Å²) in [6.07, 6.45) is 0. The fraction of sp³-hybridized carbons (Fsp3) is 0. The van der Waals surface area contributed by atoms with Gasteiger partial charge in [0.25, 0.3) is 0 Å². The van der Waals surface area contributed by atoms with Crippen LogP contribution in [0.4, 0.5) is 0 Å². The lowest BCUT2D eigenvalue weighted by Gasteiger charge is -2.14. The number of imidazole rings is 1. The van der Waals surface area contributed by atoms with Gasteiger partial charge in [-0.3, -0.25) is 4.57 Å². The Bertz CT molecular complexity index is 2710. The van der Waals surface area contributed by atoms with Gasteiger partial charge < -0.3 is 0 Å². The fourth-order valence-electron chi connectivity index (χ4n) is 7.28. The molecule has 0 fully saturated rings. The Morgan fingerprint density at radius 1 is 0.327 bits per heavy atom. The molecule has 0 amide bonds. The molecule has 3 heterocycles. The number of nitrogens with zero attached hydrogens (tertiary/aromatic N) is 4. The van der Waals surface area contributed by atoms with Crippen molar-refractivity contribution < 1.29 is 0 Å². The lowest BCUT2D eigenvalue weighted by molar-refractivity contribution is 1.11. The summed E-state index contributed by atoms with van der Waals surface area (Å²) in [7, 11) is 0. The second kappa shape index (κ2) is 11.0. The Hall–Kier alpha value is -6.65. The number of hydrogen-bond donors (Lipinski definition) is 0. The topological polar surface area (TPSA) is 43.6 Å². The van der Waals surface area contributed by atoms with E-state index in [1.165, 1.54) is 27.8 Å². The van der Waals surface area contributed by atoms with Crippen molar-refractivity contribution >= 4 is 22.1 Å². The zero-order chi connectivity index (χ0) is 32.3. The van der Waals surface area contributed by atoms with Crippen molar-refractivity contribution in [2.75, 3.05) is 0 Å². The largest absolute Gasteiger partial charge is 0.291 e. The first-order chi connectivity index (χ1) is 24.3. The summed E-state index contributed by atoms with van der Waals surface area (Å²) in [5.74, 6) is 0.912. The van der Waals surface area contributed by atoms with Crippen LogP contribution in [0.2, 0.25) is 0 Å². The molecule has 1 aliphatic rings. The fourth-order valence-corrected chi connectivity index (χ4v) is 7.28. The van der Waals surface area contributed by atoms with Crippen molar-refractivity contribution in [3.63, 3.8) is 0 Å². The van der Waals surface area contributed by atoms with E-state index in [2.05, 4.69) is 144 Å². The predicted octanol–water partition coefficient (Wildman–Crippen LogP) is 11.3. The van der Waals surface area contributed by atoms with E-state index in [1.54, 1.807) is 0 Å². The van der Waals surface area contributed by atoms with E-state index < -0.39 is 0 Å². The van der Waals surface area contributed by atoms with Crippen LogP contribution < -0.4 is 0 Å². The van der Waals surface area contributed by atoms with Gasteiger partial charge in [-0.1, -0.05) is 140 Å². The zero-order valence-corrected chi connectivity index (χ0v) is 26.5. The number of para-hydroxylation sites is 4. The van der Waals surface area contributed by atoms with Gasteiger partial charge in [-0.2, -0.15) is 0 Å². The molecule has 4 heteroatoms. The Kier molecular flexibility index (Phi) is 6.15. The van der Waals surface area contributed by atoms with E-state index in [0.29, 0.717) is 0 Å². The predicted molar refractivity (Wildman–Crippen MR) is 200 cm³/mol. The maximum Gasteiger partial charge on any atom is 0.145 e. The average molecular weight is 625 g/mol. The van der Waals surface area contributed by atoms with Gasteiger partial charge >= 0.3 is 0 Å². The highest BCUT2D eigenvalue weighted by Gasteiger charge is 2.25. The van der Waals surface area contributed by atoms with Crippen molar-refractivity contribution in [3.8, 4) is 73.0 Å². The van der Waals surface area contributed by atoms with Crippen molar-refractivity contribution in [2.45, 2.75) is 0 Å². The van der Waals surface area contributed by atoms with Crippen LogP contribution in [0.25, 0.3) is 95.0 Å². The van der Waals surface area contributed by atoms with Crippen molar-refractivity contribution in [2.24, 2.45) is 0 Å². The summed E-state index contributed by atoms with van der Waals surface area (Å²) in [4.78, 5) is 15.6.